The van der Waals surface area contributed by atoms with Crippen molar-refractivity contribution in [3.8, 4) is 0 Å². The molecule has 0 saturated heterocycles. The van der Waals surface area contributed by atoms with Crippen molar-refractivity contribution in [3.05, 3.63) is 0 Å². The molecule has 0 spiro atoms. The number of hydrogen-bond acceptors (Lipinski definition) is 0. The molecule has 0 heterocycles. The summed E-state index contributed by atoms with van der Waals surface area (Å²) in [5, 5.41) is 1.33. The molecule has 0 bridgehead atoms. The molecule has 1 aliphatic rings. The van der Waals surface area contributed by atoms with E-state index in [0.717, 1.165) is 5.92 Å². The van der Waals surface area contributed by atoms with Crippen molar-refractivity contribution >= 4 is 16.3 Å². The first-order chi connectivity index (χ1) is 3.93. The topological polar surface area (TPSA) is 0 Å². The fourth-order valence-corrected chi connectivity index (χ4v) is 1.89. The van der Waals surface area contributed by atoms with Gasteiger partial charge in [-0.15, -0.1) is 0 Å². The Morgan fingerprint density at radius 1 is 1.12 bits per heavy atom. The van der Waals surface area contributed by atoms with E-state index in [9.17, 15) is 0 Å². The first-order valence-electron chi connectivity index (χ1n) is 3.63. The van der Waals surface area contributed by atoms with Crippen LogP contribution in [-0.4, -0.2) is 16.3 Å². The van der Waals surface area contributed by atoms with Crippen molar-refractivity contribution in [1.82, 2.24) is 0 Å². The van der Waals surface area contributed by atoms with Crippen LogP contribution < -0.4 is 0 Å². The van der Waals surface area contributed by atoms with Crippen LogP contribution in [0.15, 0.2) is 0 Å². The third kappa shape index (κ3) is 1.80. The number of rotatable bonds is 1. The second-order valence-corrected chi connectivity index (χ2v) is 3.21. The van der Waals surface area contributed by atoms with Crippen molar-refractivity contribution in [3.63, 3.8) is 0 Å². The van der Waals surface area contributed by atoms with Crippen LogP contribution in [0, 0.1) is 5.92 Å². The summed E-state index contributed by atoms with van der Waals surface area (Å²) in [6, 6.07) is 0. The molecule has 0 unspecified atom stereocenters. The van der Waals surface area contributed by atoms with Gasteiger partial charge in [0.25, 0.3) is 0 Å². The zero-order valence-corrected chi connectivity index (χ0v) is 6.55. The van der Waals surface area contributed by atoms with Crippen molar-refractivity contribution in [1.29, 1.82) is 0 Å². The predicted octanol–water partition coefficient (Wildman–Crippen LogP) is 2.15. The van der Waals surface area contributed by atoms with E-state index in [1.54, 1.807) is 0 Å². The van der Waals surface area contributed by atoms with Gasteiger partial charge < -0.3 is 0 Å². The molecule has 0 aromatic carbocycles. The Balaban J connectivity index is 2.13. The van der Waals surface area contributed by atoms with E-state index in [4.69, 9.17) is 0 Å². The molecule has 1 heteroatoms. The van der Waals surface area contributed by atoms with Gasteiger partial charge >= 0.3 is 59.6 Å². The molecule has 1 saturated carbocycles. The average molecular weight is 124 g/mol. The first kappa shape index (κ1) is 6.65. The second-order valence-electron chi connectivity index (χ2n) is 2.74. The quantitative estimate of drug-likeness (QED) is 0.470. The standard InChI is InChI=1S/C7H13.Al/c1-7-5-3-2-4-6-7;/h7H,1-6H2;/q;+2. The average Bonchev–Trinajstić information content (AvgIpc) is 1.90. The van der Waals surface area contributed by atoms with E-state index in [1.165, 1.54) is 37.4 Å². The third-order valence-electron chi connectivity index (χ3n) is 2.06. The molecule has 42 valence electrons. The molecule has 1 rings (SSSR count). The van der Waals surface area contributed by atoms with E-state index in [2.05, 4.69) is 16.3 Å². The van der Waals surface area contributed by atoms with Crippen LogP contribution in [-0.2, 0) is 0 Å². The summed E-state index contributed by atoms with van der Waals surface area (Å²) < 4.78 is 0. The molecule has 0 aromatic heterocycles. The zero-order chi connectivity index (χ0) is 5.82. The van der Waals surface area contributed by atoms with Crippen molar-refractivity contribution in [2.75, 3.05) is 0 Å². The van der Waals surface area contributed by atoms with Crippen LogP contribution in [0.5, 0.6) is 0 Å². The summed E-state index contributed by atoms with van der Waals surface area (Å²) in [6.45, 7) is 0. The summed E-state index contributed by atoms with van der Waals surface area (Å²) in [4.78, 5) is 0. The molecule has 0 N–H and O–H groups in total. The van der Waals surface area contributed by atoms with Gasteiger partial charge in [-0.1, -0.05) is 0 Å². The van der Waals surface area contributed by atoms with E-state index < -0.39 is 0 Å². The molecule has 1 fully saturated rings. The molecule has 0 amide bonds. The zero-order valence-electron chi connectivity index (χ0n) is 5.40. The van der Waals surface area contributed by atoms with Gasteiger partial charge in [0.1, 0.15) is 0 Å². The van der Waals surface area contributed by atoms with Gasteiger partial charge in [0.05, 0.1) is 0 Å². The maximum absolute atomic E-state index is 2.85. The molecule has 0 radical (unpaired) electrons. The fraction of sp³-hybridized carbons (Fsp3) is 1.00. The van der Waals surface area contributed by atoms with Gasteiger partial charge in [-0.3, -0.25) is 0 Å². The molecular weight excluding hydrogens is 111 g/mol. The predicted molar refractivity (Wildman–Crippen MR) is 37.1 cm³/mol. The van der Waals surface area contributed by atoms with Gasteiger partial charge in [-0.25, -0.2) is 0 Å². The Bertz CT molecular complexity index is 55.4. The van der Waals surface area contributed by atoms with Crippen LogP contribution in [0.3, 0.4) is 0 Å². The minimum atomic E-state index is 1.05. The molecule has 1 aliphatic carbocycles. The number of hydrogen-bond donors (Lipinski definition) is 0. The van der Waals surface area contributed by atoms with Crippen molar-refractivity contribution < 1.29 is 0 Å². The van der Waals surface area contributed by atoms with Gasteiger partial charge in [-0.2, -0.15) is 0 Å². The molecule has 0 nitrogen and oxygen atoms in total. The Morgan fingerprint density at radius 2 is 1.75 bits per heavy atom. The van der Waals surface area contributed by atoms with Crippen LogP contribution in [0.2, 0.25) is 5.28 Å². The third-order valence-corrected chi connectivity index (χ3v) is 2.72. The SMILES string of the molecule is [Al+2][CH2]C1CCCCC1. The van der Waals surface area contributed by atoms with E-state index >= 15 is 0 Å². The molecule has 0 aliphatic heterocycles. The van der Waals surface area contributed by atoms with Crippen LogP contribution in [0.4, 0.5) is 0 Å². The van der Waals surface area contributed by atoms with Crippen molar-refractivity contribution in [2.24, 2.45) is 5.92 Å². The van der Waals surface area contributed by atoms with Crippen LogP contribution >= 0.6 is 0 Å². The van der Waals surface area contributed by atoms with Gasteiger partial charge in [-0.05, 0) is 0 Å². The van der Waals surface area contributed by atoms with E-state index in [-0.39, 0.29) is 0 Å². The Hall–Kier alpha value is 0.532. The van der Waals surface area contributed by atoms with Crippen LogP contribution in [0.25, 0.3) is 0 Å². The van der Waals surface area contributed by atoms with E-state index in [1.807, 2.05) is 0 Å². The normalized spacial score (nSPS) is 23.8. The van der Waals surface area contributed by atoms with Crippen LogP contribution in [0.1, 0.15) is 32.1 Å². The Morgan fingerprint density at radius 3 is 2.12 bits per heavy atom. The first-order valence-corrected chi connectivity index (χ1v) is 4.45. The molecule has 8 heavy (non-hydrogen) atoms. The summed E-state index contributed by atoms with van der Waals surface area (Å²) in [5.74, 6) is 1.05. The molecule has 0 aromatic rings. The molecular formula is C7H13Al+2. The molecule has 0 atom stereocenters. The summed E-state index contributed by atoms with van der Waals surface area (Å²) >= 11 is 2.85. The van der Waals surface area contributed by atoms with E-state index in [0.29, 0.717) is 0 Å². The summed E-state index contributed by atoms with van der Waals surface area (Å²) in [6.07, 6.45) is 7.44. The fourth-order valence-electron chi connectivity index (χ4n) is 1.42. The van der Waals surface area contributed by atoms with Crippen molar-refractivity contribution in [2.45, 2.75) is 37.4 Å². The summed E-state index contributed by atoms with van der Waals surface area (Å²) in [5.41, 5.74) is 0. The Kier molecular flexibility index (Phi) is 2.94. The maximum atomic E-state index is 2.85. The monoisotopic (exact) mass is 124 g/mol. The van der Waals surface area contributed by atoms with Gasteiger partial charge in [0.15, 0.2) is 0 Å². The van der Waals surface area contributed by atoms with Gasteiger partial charge in [0, 0.05) is 0 Å². The van der Waals surface area contributed by atoms with Gasteiger partial charge in [0.2, 0.25) is 0 Å². The minimum absolute atomic E-state index is 1.05. The second kappa shape index (κ2) is 3.54. The summed E-state index contributed by atoms with van der Waals surface area (Å²) in [7, 11) is 0. The Labute approximate surface area is 60.1 Å².